The smallest absolute Gasteiger partial charge is 0.417 e. The minimum atomic E-state index is -2.58. The average Bonchev–Trinajstić information content (AvgIpc) is 2.60. The van der Waals surface area contributed by atoms with Crippen LogP contribution in [0.5, 0.6) is 11.5 Å². The van der Waals surface area contributed by atoms with Crippen molar-refractivity contribution >= 4 is 35.2 Å². The largest absolute Gasteiger partial charge is 0.478 e. The zero-order valence-electron chi connectivity index (χ0n) is 13.5. The van der Waals surface area contributed by atoms with Gasteiger partial charge in [-0.2, -0.15) is 4.21 Å². The lowest BCUT2D eigenvalue weighted by Crippen LogP contribution is -2.12. The van der Waals surface area contributed by atoms with Gasteiger partial charge >= 0.3 is 35.2 Å². The van der Waals surface area contributed by atoms with Crippen LogP contribution in [0.1, 0.15) is 41.4 Å². The zero-order valence-corrected chi connectivity index (χ0v) is 14.3. The highest BCUT2D eigenvalue weighted by Crippen LogP contribution is 2.22. The second kappa shape index (κ2) is 8.18. The van der Waals surface area contributed by atoms with Crippen molar-refractivity contribution in [2.75, 3.05) is 0 Å². The Bertz CT molecular complexity index is 932. The van der Waals surface area contributed by atoms with Crippen molar-refractivity contribution in [3.8, 4) is 11.5 Å². The van der Waals surface area contributed by atoms with Crippen LogP contribution in [0.15, 0.2) is 36.4 Å². The lowest BCUT2D eigenvalue weighted by molar-refractivity contribution is 0.0651. The number of carboxylic acids is 4. The monoisotopic (exact) mass is 410 g/mol. The highest BCUT2D eigenvalue weighted by molar-refractivity contribution is 7.75. The predicted molar refractivity (Wildman–Crippen MR) is 90.1 cm³/mol. The van der Waals surface area contributed by atoms with Gasteiger partial charge in [0.2, 0.25) is 0 Å². The van der Waals surface area contributed by atoms with Crippen molar-refractivity contribution in [2.24, 2.45) is 0 Å². The van der Waals surface area contributed by atoms with Crippen LogP contribution in [0.3, 0.4) is 0 Å². The summed E-state index contributed by atoms with van der Waals surface area (Å²) in [6.45, 7) is 0. The molecule has 0 heterocycles. The summed E-state index contributed by atoms with van der Waals surface area (Å²) in [6, 6.07) is 5.61. The number of rotatable bonds is 8. The van der Waals surface area contributed by atoms with Gasteiger partial charge in [0, 0.05) is 0 Å². The molecule has 11 nitrogen and oxygen atoms in total. The Labute approximate surface area is 158 Å². The van der Waals surface area contributed by atoms with Crippen LogP contribution in [-0.2, 0) is 11.4 Å². The van der Waals surface area contributed by atoms with Gasteiger partial charge in [-0.25, -0.2) is 19.2 Å². The van der Waals surface area contributed by atoms with E-state index in [-0.39, 0.29) is 11.5 Å². The Morgan fingerprint density at radius 2 is 0.929 bits per heavy atom. The second-order valence-corrected chi connectivity index (χ2v) is 5.75. The second-order valence-electron chi connectivity index (χ2n) is 5.01. The average molecular weight is 410 g/mol. The van der Waals surface area contributed by atoms with Gasteiger partial charge in [-0.3, -0.25) is 0 Å². The topological polar surface area (TPSA) is 185 Å². The molecule has 4 N–H and O–H groups in total. The van der Waals surface area contributed by atoms with Crippen LogP contribution >= 0.6 is 0 Å². The van der Waals surface area contributed by atoms with Crippen LogP contribution in [0.4, 0.5) is 0 Å². The molecule has 0 saturated heterocycles. The van der Waals surface area contributed by atoms with E-state index in [1.54, 1.807) is 0 Å². The molecule has 0 aromatic heterocycles. The van der Waals surface area contributed by atoms with Crippen molar-refractivity contribution in [2.45, 2.75) is 0 Å². The Hall–Kier alpha value is -3.93. The number of benzene rings is 2. The summed E-state index contributed by atoms with van der Waals surface area (Å²) >= 11 is -2.58. The van der Waals surface area contributed by atoms with Gasteiger partial charge in [-0.15, -0.1) is 0 Å². The molecule has 2 aromatic carbocycles. The number of aromatic carboxylic acids is 4. The molecule has 0 unspecified atom stereocenters. The fraction of sp³-hybridized carbons (Fsp3) is 0. The summed E-state index contributed by atoms with van der Waals surface area (Å²) < 4.78 is 21.6. The van der Waals surface area contributed by atoms with E-state index in [1.165, 1.54) is 0 Å². The van der Waals surface area contributed by atoms with Gasteiger partial charge in [0.15, 0.2) is 0 Å². The predicted octanol–water partition coefficient (Wildman–Crippen LogP) is 1.52. The van der Waals surface area contributed by atoms with Gasteiger partial charge in [-0.05, 0) is 36.4 Å². The van der Waals surface area contributed by atoms with Gasteiger partial charge < -0.3 is 28.8 Å². The van der Waals surface area contributed by atoms with Gasteiger partial charge in [0.25, 0.3) is 0 Å². The third kappa shape index (κ3) is 4.62. The summed E-state index contributed by atoms with van der Waals surface area (Å²) in [5.41, 5.74) is -2.24. The molecule has 0 atom stereocenters. The summed E-state index contributed by atoms with van der Waals surface area (Å²) in [4.78, 5) is 44.2. The molecule has 146 valence electrons. The van der Waals surface area contributed by atoms with E-state index in [9.17, 15) is 23.4 Å². The molecular formula is C16H10O11S. The number of hydrogen-bond donors (Lipinski definition) is 4. The normalized spacial score (nSPS) is 10.3. The van der Waals surface area contributed by atoms with Crippen LogP contribution in [0, 0.1) is 0 Å². The molecule has 0 bridgehead atoms. The maximum absolute atomic E-state index is 11.9. The standard InChI is InChI=1S/C16H10O11S/c17-13(18)9-3-1-7(5-11(9)15(21)22)26-28(25)27-8-2-4-10(14(19)20)12(6-8)16(23)24/h1-6H,(H,17,18)(H,19,20)(H,21,22)(H,23,24). The van der Waals surface area contributed by atoms with Gasteiger partial charge in [0.05, 0.1) is 22.3 Å². The van der Waals surface area contributed by atoms with Gasteiger partial charge in [-0.1, -0.05) is 0 Å². The van der Waals surface area contributed by atoms with Crippen molar-refractivity contribution in [3.05, 3.63) is 58.7 Å². The molecule has 0 aliphatic heterocycles. The summed E-state index contributed by atoms with van der Waals surface area (Å²) in [7, 11) is 0. The van der Waals surface area contributed by atoms with Crippen LogP contribution < -0.4 is 8.37 Å². The minimum Gasteiger partial charge on any atom is -0.478 e. The van der Waals surface area contributed by atoms with Crippen molar-refractivity contribution in [3.63, 3.8) is 0 Å². The molecule has 0 amide bonds. The van der Waals surface area contributed by atoms with E-state index in [1.807, 2.05) is 0 Å². The van der Waals surface area contributed by atoms with Crippen molar-refractivity contribution in [1.82, 2.24) is 0 Å². The maximum Gasteiger partial charge on any atom is 0.417 e. The Kier molecular flexibility index (Phi) is 5.95. The first-order chi connectivity index (χ1) is 13.1. The first-order valence-corrected chi connectivity index (χ1v) is 8.10. The molecule has 28 heavy (non-hydrogen) atoms. The Morgan fingerprint density at radius 1 is 0.607 bits per heavy atom. The lowest BCUT2D eigenvalue weighted by atomic mass is 10.1. The maximum atomic E-state index is 11.9. The van der Waals surface area contributed by atoms with E-state index in [0.717, 1.165) is 36.4 Å². The lowest BCUT2D eigenvalue weighted by Gasteiger charge is -2.09. The molecule has 0 radical (unpaired) electrons. The van der Waals surface area contributed by atoms with E-state index < -0.39 is 57.5 Å². The van der Waals surface area contributed by atoms with Crippen LogP contribution in [0.2, 0.25) is 0 Å². The highest BCUT2D eigenvalue weighted by Gasteiger charge is 2.20. The highest BCUT2D eigenvalue weighted by atomic mass is 32.2. The van der Waals surface area contributed by atoms with E-state index in [4.69, 9.17) is 28.8 Å². The molecule has 2 aromatic rings. The molecule has 12 heteroatoms. The first kappa shape index (κ1) is 20.4. The van der Waals surface area contributed by atoms with Gasteiger partial charge in [0.1, 0.15) is 11.5 Å². The fourth-order valence-corrected chi connectivity index (χ4v) is 2.61. The van der Waals surface area contributed by atoms with E-state index in [0.29, 0.717) is 0 Å². The third-order valence-corrected chi connectivity index (χ3v) is 3.89. The zero-order chi connectivity index (χ0) is 21.0. The third-order valence-electron chi connectivity index (χ3n) is 3.23. The van der Waals surface area contributed by atoms with Crippen molar-refractivity contribution < 1.29 is 52.2 Å². The van der Waals surface area contributed by atoms with Crippen LogP contribution in [-0.4, -0.2) is 48.5 Å². The Morgan fingerprint density at radius 3 is 1.21 bits per heavy atom. The molecule has 0 spiro atoms. The van der Waals surface area contributed by atoms with E-state index >= 15 is 0 Å². The summed E-state index contributed by atoms with van der Waals surface area (Å²) in [5.74, 6) is -6.65. The molecule has 2 rings (SSSR count). The fourth-order valence-electron chi connectivity index (χ4n) is 2.05. The van der Waals surface area contributed by atoms with Crippen LogP contribution in [0.25, 0.3) is 0 Å². The summed E-state index contributed by atoms with van der Waals surface area (Å²) in [5, 5.41) is 35.9. The molecular weight excluding hydrogens is 400 g/mol. The molecule has 0 saturated carbocycles. The first-order valence-electron chi connectivity index (χ1n) is 7.10. The van der Waals surface area contributed by atoms with Crippen molar-refractivity contribution in [1.29, 1.82) is 0 Å². The number of carboxylic acid groups (broad SMARTS) is 4. The molecule has 0 aliphatic carbocycles. The minimum absolute atomic E-state index is 0.290. The SMILES string of the molecule is O=C(O)c1ccc(OS(=O)Oc2ccc(C(=O)O)c(C(=O)O)c2)cc1C(=O)O. The molecule has 0 fully saturated rings. The molecule has 0 aliphatic rings. The quantitative estimate of drug-likeness (QED) is 0.494. The number of hydrogen-bond acceptors (Lipinski definition) is 7. The Balaban J connectivity index is 2.23. The van der Waals surface area contributed by atoms with E-state index in [2.05, 4.69) is 0 Å². The number of carbonyl (C=O) groups is 4. The summed E-state index contributed by atoms with van der Waals surface area (Å²) in [6.07, 6.45) is 0.